The number of carbonyl (C=O) groups is 2. The van der Waals surface area contributed by atoms with E-state index in [-0.39, 0.29) is 17.9 Å². The first kappa shape index (κ1) is 27.7. The van der Waals surface area contributed by atoms with E-state index in [4.69, 9.17) is 14.2 Å². The van der Waals surface area contributed by atoms with Crippen LogP contribution in [0.5, 0.6) is 17.2 Å². The van der Waals surface area contributed by atoms with Crippen molar-refractivity contribution in [2.24, 2.45) is 0 Å². The maximum Gasteiger partial charge on any atom is 0.295 e. The molecule has 8 nitrogen and oxygen atoms in total. The number of nitrogens with zero attached hydrogens (tertiary/aromatic N) is 2. The number of methoxy groups -OCH3 is 1. The molecule has 1 aromatic heterocycles. The zero-order chi connectivity index (χ0) is 27.8. The number of aliphatic hydroxyl groups is 1. The second kappa shape index (κ2) is 13.0. The largest absolute Gasteiger partial charge is 0.507 e. The first-order valence-corrected chi connectivity index (χ1v) is 13.2. The molecule has 4 rings (SSSR count). The van der Waals surface area contributed by atoms with Crippen molar-refractivity contribution in [1.82, 2.24) is 9.88 Å². The minimum Gasteiger partial charge on any atom is -0.507 e. The van der Waals surface area contributed by atoms with E-state index in [0.717, 1.165) is 24.8 Å². The number of carbonyl (C=O) groups excluding carboxylic acids is 2. The van der Waals surface area contributed by atoms with Gasteiger partial charge in [0.15, 0.2) is 11.5 Å². The molecule has 0 saturated carbocycles. The number of amides is 1. The zero-order valence-electron chi connectivity index (χ0n) is 22.6. The van der Waals surface area contributed by atoms with Gasteiger partial charge in [-0.1, -0.05) is 38.5 Å². The molecule has 3 aromatic rings. The predicted molar refractivity (Wildman–Crippen MR) is 148 cm³/mol. The Bertz CT molecular complexity index is 1340. The van der Waals surface area contributed by atoms with Crippen molar-refractivity contribution >= 4 is 17.4 Å². The Morgan fingerprint density at radius 3 is 2.46 bits per heavy atom. The van der Waals surface area contributed by atoms with Gasteiger partial charge in [-0.05, 0) is 60.4 Å². The van der Waals surface area contributed by atoms with Gasteiger partial charge >= 0.3 is 0 Å². The normalized spacial score (nSPS) is 16.4. The van der Waals surface area contributed by atoms with Gasteiger partial charge in [0.05, 0.1) is 31.9 Å². The van der Waals surface area contributed by atoms with Gasteiger partial charge in [0.25, 0.3) is 11.7 Å². The van der Waals surface area contributed by atoms with Crippen molar-refractivity contribution < 1.29 is 28.9 Å². The molecule has 204 valence electrons. The fraction of sp³-hybridized carbons (Fsp3) is 0.323. The van der Waals surface area contributed by atoms with E-state index in [1.807, 2.05) is 6.92 Å². The third kappa shape index (κ3) is 6.22. The first-order chi connectivity index (χ1) is 19.0. The molecule has 1 N–H and O–H groups in total. The minimum absolute atomic E-state index is 0.00315. The van der Waals surface area contributed by atoms with Crippen LogP contribution in [0.15, 0.2) is 72.6 Å². The van der Waals surface area contributed by atoms with Crippen molar-refractivity contribution in [2.45, 2.75) is 45.7 Å². The molecule has 0 aliphatic carbocycles. The quantitative estimate of drug-likeness (QED) is 0.139. The molecule has 1 aliphatic rings. The van der Waals surface area contributed by atoms with Crippen molar-refractivity contribution in [3.8, 4) is 17.2 Å². The summed E-state index contributed by atoms with van der Waals surface area (Å²) in [5.74, 6) is -0.0965. The number of ether oxygens (including phenoxy) is 3. The Morgan fingerprint density at radius 2 is 1.74 bits per heavy atom. The molecule has 0 spiro atoms. The van der Waals surface area contributed by atoms with E-state index in [9.17, 15) is 14.7 Å². The molecular formula is C31H34N2O6. The van der Waals surface area contributed by atoms with Crippen LogP contribution in [0.1, 0.15) is 55.8 Å². The fourth-order valence-electron chi connectivity index (χ4n) is 4.48. The van der Waals surface area contributed by atoms with Gasteiger partial charge in [-0.3, -0.25) is 14.6 Å². The summed E-state index contributed by atoms with van der Waals surface area (Å²) in [6, 6.07) is 14.9. The van der Waals surface area contributed by atoms with Crippen LogP contribution in [0, 0.1) is 0 Å². The van der Waals surface area contributed by atoms with Gasteiger partial charge in [-0.25, -0.2) is 0 Å². The summed E-state index contributed by atoms with van der Waals surface area (Å²) in [6.07, 6.45) is 5.99. The van der Waals surface area contributed by atoms with Gasteiger partial charge in [0, 0.05) is 24.5 Å². The summed E-state index contributed by atoms with van der Waals surface area (Å²) in [4.78, 5) is 32.3. The molecule has 8 heteroatoms. The highest BCUT2D eigenvalue weighted by Crippen LogP contribution is 2.43. The number of hydrogen-bond donors (Lipinski definition) is 1. The zero-order valence-corrected chi connectivity index (χ0v) is 22.6. The third-order valence-electron chi connectivity index (χ3n) is 6.48. The SMILES string of the molecule is CCCCOc1ccc(C2/C(=C(\O)c3cccc(OCCC)c3)C(=O)C(=O)N2Cc2ccncc2)cc1OC. The highest BCUT2D eigenvalue weighted by molar-refractivity contribution is 6.46. The van der Waals surface area contributed by atoms with Crippen LogP contribution in [-0.4, -0.2) is 47.0 Å². The molecule has 2 heterocycles. The lowest BCUT2D eigenvalue weighted by Crippen LogP contribution is -2.29. The van der Waals surface area contributed by atoms with Crippen molar-refractivity contribution in [3.63, 3.8) is 0 Å². The smallest absolute Gasteiger partial charge is 0.295 e. The standard InChI is InChI=1S/C31H34N2O6/c1-4-6-17-39-25-11-10-22(19-26(25)37-3)28-27(29(34)23-8-7-9-24(18-23)38-16-5-2)30(35)31(36)33(28)20-21-12-14-32-15-13-21/h7-15,18-19,28,34H,4-6,16-17,20H2,1-3H3/b29-27+. The van der Waals surface area contributed by atoms with Crippen LogP contribution < -0.4 is 14.2 Å². The molecule has 0 radical (unpaired) electrons. The van der Waals surface area contributed by atoms with Crippen LogP contribution in [0.4, 0.5) is 0 Å². The van der Waals surface area contributed by atoms with E-state index in [1.165, 1.54) is 4.90 Å². The van der Waals surface area contributed by atoms with E-state index in [1.54, 1.807) is 74.1 Å². The lowest BCUT2D eigenvalue weighted by Gasteiger charge is -2.26. The highest BCUT2D eigenvalue weighted by Gasteiger charge is 2.46. The summed E-state index contributed by atoms with van der Waals surface area (Å²) in [5, 5.41) is 11.5. The maximum atomic E-state index is 13.4. The van der Waals surface area contributed by atoms with Gasteiger partial charge in [0.2, 0.25) is 0 Å². The molecule has 1 atom stereocenters. The monoisotopic (exact) mass is 530 g/mol. The molecule has 1 saturated heterocycles. The predicted octanol–water partition coefficient (Wildman–Crippen LogP) is 5.68. The summed E-state index contributed by atoms with van der Waals surface area (Å²) >= 11 is 0. The van der Waals surface area contributed by atoms with E-state index < -0.39 is 17.7 Å². The number of Topliss-reactive ketones (excluding diaryl/α,β-unsaturated/α-hetero) is 1. The number of aromatic nitrogens is 1. The molecule has 1 aliphatic heterocycles. The van der Waals surface area contributed by atoms with Gasteiger partial charge in [0.1, 0.15) is 11.5 Å². The van der Waals surface area contributed by atoms with Gasteiger partial charge in [-0.15, -0.1) is 0 Å². The number of pyridine rings is 1. The van der Waals surface area contributed by atoms with Crippen LogP contribution in [0.3, 0.4) is 0 Å². The van der Waals surface area contributed by atoms with Crippen LogP contribution in [0.25, 0.3) is 5.76 Å². The molecule has 1 fully saturated rings. The summed E-state index contributed by atoms with van der Waals surface area (Å²) in [6.45, 7) is 5.31. The average Bonchev–Trinajstić information content (AvgIpc) is 3.21. The number of unbranched alkanes of at least 4 members (excludes halogenated alkanes) is 1. The van der Waals surface area contributed by atoms with Crippen LogP contribution in [0.2, 0.25) is 0 Å². The molecule has 39 heavy (non-hydrogen) atoms. The third-order valence-corrected chi connectivity index (χ3v) is 6.48. The van der Waals surface area contributed by atoms with E-state index >= 15 is 0 Å². The topological polar surface area (TPSA) is 98.2 Å². The van der Waals surface area contributed by atoms with E-state index in [2.05, 4.69) is 11.9 Å². The van der Waals surface area contributed by atoms with E-state index in [0.29, 0.717) is 41.6 Å². The Labute approximate surface area is 228 Å². The number of likely N-dealkylation sites (tertiary alicyclic amines) is 1. The summed E-state index contributed by atoms with van der Waals surface area (Å²) in [7, 11) is 1.54. The average molecular weight is 531 g/mol. The lowest BCUT2D eigenvalue weighted by molar-refractivity contribution is -0.140. The first-order valence-electron chi connectivity index (χ1n) is 13.2. The number of ketones is 1. The van der Waals surface area contributed by atoms with Crippen molar-refractivity contribution in [3.05, 3.63) is 89.3 Å². The fourth-order valence-corrected chi connectivity index (χ4v) is 4.48. The molecule has 1 unspecified atom stereocenters. The van der Waals surface area contributed by atoms with Gasteiger partial charge < -0.3 is 24.2 Å². The Balaban J connectivity index is 1.81. The molecular weight excluding hydrogens is 496 g/mol. The summed E-state index contributed by atoms with van der Waals surface area (Å²) in [5.41, 5.74) is 1.81. The Hall–Kier alpha value is -4.33. The number of aliphatic hydroxyl groups excluding tert-OH is 1. The van der Waals surface area contributed by atoms with Crippen molar-refractivity contribution in [2.75, 3.05) is 20.3 Å². The highest BCUT2D eigenvalue weighted by atomic mass is 16.5. The Morgan fingerprint density at radius 1 is 0.949 bits per heavy atom. The lowest BCUT2D eigenvalue weighted by atomic mass is 9.94. The van der Waals surface area contributed by atoms with Gasteiger partial charge in [-0.2, -0.15) is 0 Å². The number of benzene rings is 2. The second-order valence-corrected chi connectivity index (χ2v) is 9.27. The number of rotatable bonds is 12. The number of hydrogen-bond acceptors (Lipinski definition) is 7. The minimum atomic E-state index is -0.850. The maximum absolute atomic E-state index is 13.4. The Kier molecular flexibility index (Phi) is 9.20. The second-order valence-electron chi connectivity index (χ2n) is 9.27. The van der Waals surface area contributed by atoms with Crippen LogP contribution in [-0.2, 0) is 16.1 Å². The summed E-state index contributed by atoms with van der Waals surface area (Å²) < 4.78 is 17.2. The van der Waals surface area contributed by atoms with Crippen LogP contribution >= 0.6 is 0 Å². The molecule has 2 aromatic carbocycles. The molecule has 1 amide bonds. The van der Waals surface area contributed by atoms with Crippen molar-refractivity contribution in [1.29, 1.82) is 0 Å². The molecule has 0 bridgehead atoms.